The van der Waals surface area contributed by atoms with Crippen LogP contribution in [-0.2, 0) is 27.8 Å². The van der Waals surface area contributed by atoms with E-state index in [2.05, 4.69) is 27.3 Å². The van der Waals surface area contributed by atoms with Crippen LogP contribution in [0.1, 0.15) is 55.3 Å². The van der Waals surface area contributed by atoms with Gasteiger partial charge in [0.2, 0.25) is 5.91 Å². The van der Waals surface area contributed by atoms with Gasteiger partial charge >= 0.3 is 6.18 Å². The highest BCUT2D eigenvalue weighted by atomic mass is 19.4. The van der Waals surface area contributed by atoms with Crippen LogP contribution in [0.4, 0.5) is 13.2 Å². The van der Waals surface area contributed by atoms with Crippen LogP contribution >= 0.6 is 0 Å². The van der Waals surface area contributed by atoms with Gasteiger partial charge in [0.1, 0.15) is 5.69 Å². The predicted molar refractivity (Wildman–Crippen MR) is 119 cm³/mol. The highest BCUT2D eigenvalue weighted by molar-refractivity contribution is 5.83. The van der Waals surface area contributed by atoms with Gasteiger partial charge in [-0.25, -0.2) is 0 Å². The lowest BCUT2D eigenvalue weighted by Gasteiger charge is -2.39. The standard InChI is InChI=1S/C24H26F3N3O.CH2O2/c25-24(26,27)20-7-6-17(15-28-20)16-30-13-12-22(8-9-22)14-19(30)21(31)29-23(10-11-23)18-4-2-1-3-5-18;2-1-3/h1-7,15,19H,8-14,16H2,(H,29,31);1H,(H,2,3). The number of alkyl halides is 3. The lowest BCUT2D eigenvalue weighted by atomic mass is 9.87. The van der Waals surface area contributed by atoms with E-state index in [4.69, 9.17) is 9.90 Å². The van der Waals surface area contributed by atoms with E-state index in [0.717, 1.165) is 56.7 Å². The summed E-state index contributed by atoms with van der Waals surface area (Å²) in [7, 11) is 0. The normalized spacial score (nSPS) is 22.3. The van der Waals surface area contributed by atoms with Gasteiger partial charge in [-0.15, -0.1) is 0 Å². The highest BCUT2D eigenvalue weighted by Gasteiger charge is 2.52. The van der Waals surface area contributed by atoms with Crippen molar-refractivity contribution in [2.45, 2.75) is 62.8 Å². The number of carbonyl (C=O) groups excluding carboxylic acids is 1. The van der Waals surface area contributed by atoms with Gasteiger partial charge in [-0.2, -0.15) is 13.2 Å². The summed E-state index contributed by atoms with van der Waals surface area (Å²) in [5, 5.41) is 10.2. The highest BCUT2D eigenvalue weighted by Crippen LogP contribution is 2.55. The molecule has 1 saturated heterocycles. The Kier molecular flexibility index (Phi) is 6.66. The topological polar surface area (TPSA) is 82.5 Å². The van der Waals surface area contributed by atoms with Gasteiger partial charge in [0.25, 0.3) is 6.47 Å². The average molecular weight is 476 g/mol. The molecule has 2 aliphatic carbocycles. The average Bonchev–Trinajstić information content (AvgIpc) is 3.74. The van der Waals surface area contributed by atoms with Gasteiger partial charge in [0.05, 0.1) is 11.6 Å². The molecule has 6 nitrogen and oxygen atoms in total. The Hall–Kier alpha value is -2.94. The number of pyridine rings is 1. The fourth-order valence-corrected chi connectivity index (χ4v) is 4.86. The van der Waals surface area contributed by atoms with Crippen LogP contribution in [0.15, 0.2) is 48.7 Å². The molecule has 0 radical (unpaired) electrons. The second-order valence-electron chi connectivity index (χ2n) is 9.53. The molecule has 0 bridgehead atoms. The van der Waals surface area contributed by atoms with E-state index in [9.17, 15) is 18.0 Å². The number of amides is 1. The summed E-state index contributed by atoms with van der Waals surface area (Å²) in [4.78, 5) is 27.5. The second-order valence-corrected chi connectivity index (χ2v) is 9.53. The number of hydrogen-bond acceptors (Lipinski definition) is 4. The van der Waals surface area contributed by atoms with Crippen LogP contribution < -0.4 is 5.32 Å². The number of aromatic nitrogens is 1. The van der Waals surface area contributed by atoms with E-state index in [1.807, 2.05) is 18.2 Å². The van der Waals surface area contributed by atoms with Crippen LogP contribution in [-0.4, -0.2) is 40.0 Å². The van der Waals surface area contributed by atoms with Crippen molar-refractivity contribution in [3.05, 3.63) is 65.5 Å². The van der Waals surface area contributed by atoms with E-state index >= 15 is 0 Å². The number of piperidine rings is 1. The molecule has 1 atom stereocenters. The van der Waals surface area contributed by atoms with Gasteiger partial charge in [0, 0.05) is 12.7 Å². The molecule has 1 aliphatic heterocycles. The molecule has 2 heterocycles. The first-order valence-electron chi connectivity index (χ1n) is 11.4. The molecule has 1 aromatic heterocycles. The van der Waals surface area contributed by atoms with E-state index < -0.39 is 11.9 Å². The van der Waals surface area contributed by atoms with Crippen molar-refractivity contribution in [3.63, 3.8) is 0 Å². The van der Waals surface area contributed by atoms with Crippen molar-refractivity contribution < 1.29 is 27.9 Å². The lowest BCUT2D eigenvalue weighted by molar-refractivity contribution is -0.141. The number of rotatable bonds is 5. The van der Waals surface area contributed by atoms with Crippen molar-refractivity contribution in [2.24, 2.45) is 5.41 Å². The smallest absolute Gasteiger partial charge is 0.433 e. The first-order valence-corrected chi connectivity index (χ1v) is 11.4. The van der Waals surface area contributed by atoms with Gasteiger partial charge in [0.15, 0.2) is 0 Å². The number of carboxylic acid groups (broad SMARTS) is 1. The van der Waals surface area contributed by atoms with Crippen molar-refractivity contribution >= 4 is 12.4 Å². The zero-order valence-electron chi connectivity index (χ0n) is 18.7. The Morgan fingerprint density at radius 1 is 1.12 bits per heavy atom. The van der Waals surface area contributed by atoms with Crippen LogP contribution in [0.25, 0.3) is 0 Å². The van der Waals surface area contributed by atoms with E-state index in [1.165, 1.54) is 12.3 Å². The number of nitrogens with zero attached hydrogens (tertiary/aromatic N) is 2. The molecule has 2 saturated carbocycles. The summed E-state index contributed by atoms with van der Waals surface area (Å²) >= 11 is 0. The second kappa shape index (κ2) is 9.37. The lowest BCUT2D eigenvalue weighted by Crippen LogP contribution is -2.53. The summed E-state index contributed by atoms with van der Waals surface area (Å²) in [5.74, 6) is 0.0344. The third kappa shape index (κ3) is 5.41. The largest absolute Gasteiger partial charge is 0.483 e. The number of benzene rings is 1. The molecule has 1 amide bonds. The van der Waals surface area contributed by atoms with E-state index in [0.29, 0.717) is 12.1 Å². The Morgan fingerprint density at radius 3 is 2.32 bits per heavy atom. The molecular formula is C25H28F3N3O3. The molecule has 9 heteroatoms. The summed E-state index contributed by atoms with van der Waals surface area (Å²) in [6, 6.07) is 12.3. The minimum atomic E-state index is -4.44. The molecule has 34 heavy (non-hydrogen) atoms. The first-order chi connectivity index (χ1) is 16.2. The zero-order chi connectivity index (χ0) is 24.4. The molecule has 3 fully saturated rings. The number of carbonyl (C=O) groups is 2. The SMILES string of the molecule is O=C(NC1(c2ccccc2)CC1)C1CC2(CCN1Cc1ccc(C(F)(F)F)nc1)CC2.O=CO. The molecule has 2 aromatic rings. The fraction of sp³-hybridized carbons (Fsp3) is 0.480. The van der Waals surface area contributed by atoms with Gasteiger partial charge in [-0.3, -0.25) is 19.5 Å². The third-order valence-electron chi connectivity index (χ3n) is 7.20. The fourth-order valence-electron chi connectivity index (χ4n) is 4.86. The monoisotopic (exact) mass is 475 g/mol. The van der Waals surface area contributed by atoms with Gasteiger partial charge < -0.3 is 10.4 Å². The molecule has 5 rings (SSSR count). The quantitative estimate of drug-likeness (QED) is 0.629. The minimum absolute atomic E-state index is 0.0344. The molecule has 1 aromatic carbocycles. The number of nitrogens with one attached hydrogen (secondary N) is 1. The summed E-state index contributed by atoms with van der Waals surface area (Å²) in [6.45, 7) is 0.953. The molecule has 2 N–H and O–H groups in total. The maximum Gasteiger partial charge on any atom is 0.433 e. The summed E-state index contributed by atoms with van der Waals surface area (Å²) in [6.07, 6.45) is 2.89. The minimum Gasteiger partial charge on any atom is -0.483 e. The van der Waals surface area contributed by atoms with Crippen LogP contribution in [0.5, 0.6) is 0 Å². The van der Waals surface area contributed by atoms with Crippen molar-refractivity contribution in [3.8, 4) is 0 Å². The molecular weight excluding hydrogens is 447 g/mol. The summed E-state index contributed by atoms with van der Waals surface area (Å²) in [5.41, 5.74) is 0.953. The van der Waals surface area contributed by atoms with E-state index in [1.54, 1.807) is 0 Å². The predicted octanol–water partition coefficient (Wildman–Crippen LogP) is 4.35. The van der Waals surface area contributed by atoms with E-state index in [-0.39, 0.29) is 29.4 Å². The van der Waals surface area contributed by atoms with Gasteiger partial charge in [-0.1, -0.05) is 36.4 Å². The van der Waals surface area contributed by atoms with Gasteiger partial charge in [-0.05, 0) is 67.7 Å². The third-order valence-corrected chi connectivity index (χ3v) is 7.20. The Bertz CT molecular complexity index is 1000. The first kappa shape index (κ1) is 24.2. The number of halogens is 3. The van der Waals surface area contributed by atoms with Crippen LogP contribution in [0.3, 0.4) is 0 Å². The maximum absolute atomic E-state index is 13.4. The van der Waals surface area contributed by atoms with Crippen molar-refractivity contribution in [1.82, 2.24) is 15.2 Å². The molecule has 1 unspecified atom stereocenters. The van der Waals surface area contributed by atoms with Crippen LogP contribution in [0.2, 0.25) is 0 Å². The Balaban J connectivity index is 0.000000868. The molecule has 3 aliphatic rings. The number of hydrogen-bond donors (Lipinski definition) is 2. The molecule has 1 spiro atoms. The van der Waals surface area contributed by atoms with Crippen LogP contribution in [0, 0.1) is 5.41 Å². The number of likely N-dealkylation sites (tertiary alicyclic amines) is 1. The maximum atomic E-state index is 13.4. The zero-order valence-corrected chi connectivity index (χ0v) is 18.7. The Labute approximate surface area is 196 Å². The van der Waals surface area contributed by atoms with Crippen molar-refractivity contribution in [2.75, 3.05) is 6.54 Å². The van der Waals surface area contributed by atoms with Crippen molar-refractivity contribution in [1.29, 1.82) is 0 Å². The Morgan fingerprint density at radius 2 is 1.79 bits per heavy atom. The summed E-state index contributed by atoms with van der Waals surface area (Å²) < 4.78 is 38.4. The molecule has 182 valence electrons.